The Morgan fingerprint density at radius 1 is 1.41 bits per heavy atom. The third-order valence-electron chi connectivity index (χ3n) is 4.19. The quantitative estimate of drug-likeness (QED) is 0.874. The molecule has 0 radical (unpaired) electrons. The van der Waals surface area contributed by atoms with Crippen LogP contribution >= 0.6 is 0 Å². The van der Waals surface area contributed by atoms with E-state index in [-0.39, 0.29) is 17.2 Å². The van der Waals surface area contributed by atoms with Gasteiger partial charge in [0.05, 0.1) is 12.5 Å². The highest BCUT2D eigenvalue weighted by Gasteiger charge is 2.29. The molecule has 0 saturated carbocycles. The summed E-state index contributed by atoms with van der Waals surface area (Å²) in [7, 11) is 0. The fraction of sp³-hybridized carbons (Fsp3) is 0.611. The van der Waals surface area contributed by atoms with E-state index in [0.29, 0.717) is 6.42 Å². The Labute approximate surface area is 132 Å². The predicted molar refractivity (Wildman–Crippen MR) is 85.1 cm³/mol. The Morgan fingerprint density at radius 3 is 2.64 bits per heavy atom. The van der Waals surface area contributed by atoms with Crippen molar-refractivity contribution >= 4 is 5.91 Å². The van der Waals surface area contributed by atoms with Crippen LogP contribution in [-0.4, -0.2) is 35.1 Å². The van der Waals surface area contributed by atoms with Gasteiger partial charge in [-0.25, -0.2) is 0 Å². The van der Waals surface area contributed by atoms with Gasteiger partial charge >= 0.3 is 0 Å². The molecule has 1 aliphatic heterocycles. The molecule has 22 heavy (non-hydrogen) atoms. The lowest BCUT2D eigenvalue weighted by Gasteiger charge is -2.30. The minimum Gasteiger partial charge on any atom is -0.472 e. The average molecular weight is 303 g/mol. The Balaban J connectivity index is 2.00. The largest absolute Gasteiger partial charge is 0.472 e. The molecule has 120 valence electrons. The summed E-state index contributed by atoms with van der Waals surface area (Å²) in [6.07, 6.45) is 5.12. The molecule has 1 N–H and O–H groups in total. The molecule has 2 atom stereocenters. The highest BCUT2D eigenvalue weighted by Crippen LogP contribution is 2.38. The average Bonchev–Trinajstić information content (AvgIpc) is 3.12. The first-order valence-electron chi connectivity index (χ1n) is 7.88. The van der Waals surface area contributed by atoms with Crippen molar-refractivity contribution in [3.05, 3.63) is 24.2 Å². The zero-order valence-corrected chi connectivity index (χ0v) is 13.6. The molecule has 4 heteroatoms. The number of likely N-dealkylation sites (tertiary alicyclic amines) is 1. The van der Waals surface area contributed by atoms with Crippen molar-refractivity contribution in [1.29, 1.82) is 0 Å². The molecule has 1 fully saturated rings. The van der Waals surface area contributed by atoms with Crippen molar-refractivity contribution in [3.8, 4) is 11.8 Å². The molecule has 2 rings (SSSR count). The third-order valence-corrected chi connectivity index (χ3v) is 4.19. The van der Waals surface area contributed by atoms with Gasteiger partial charge in [-0.15, -0.1) is 0 Å². The van der Waals surface area contributed by atoms with Crippen molar-refractivity contribution in [3.63, 3.8) is 0 Å². The molecule has 0 spiro atoms. The first-order chi connectivity index (χ1) is 10.4. The van der Waals surface area contributed by atoms with E-state index in [0.717, 1.165) is 31.5 Å². The van der Waals surface area contributed by atoms with E-state index in [1.165, 1.54) is 0 Å². The van der Waals surface area contributed by atoms with Gasteiger partial charge in [-0.05, 0) is 48.1 Å². The van der Waals surface area contributed by atoms with Crippen molar-refractivity contribution in [2.75, 3.05) is 13.1 Å². The van der Waals surface area contributed by atoms with Gasteiger partial charge in [0, 0.05) is 13.1 Å². The van der Waals surface area contributed by atoms with Crippen molar-refractivity contribution in [1.82, 2.24) is 4.90 Å². The van der Waals surface area contributed by atoms with E-state index >= 15 is 0 Å². The predicted octanol–water partition coefficient (Wildman–Crippen LogP) is 2.79. The van der Waals surface area contributed by atoms with E-state index in [9.17, 15) is 9.90 Å². The second kappa shape index (κ2) is 7.02. The number of hydrogen-bond acceptors (Lipinski definition) is 3. The van der Waals surface area contributed by atoms with Crippen LogP contribution in [0.1, 0.15) is 51.5 Å². The monoisotopic (exact) mass is 303 g/mol. The minimum absolute atomic E-state index is 0.0223. The summed E-state index contributed by atoms with van der Waals surface area (Å²) in [6.45, 7) is 7.94. The fourth-order valence-corrected chi connectivity index (χ4v) is 2.89. The lowest BCUT2D eigenvalue weighted by atomic mass is 9.74. The smallest absolute Gasteiger partial charge is 0.298 e. The number of carbonyl (C=O) groups excluding carboxylic acids is 1. The second-order valence-corrected chi connectivity index (χ2v) is 7.00. The summed E-state index contributed by atoms with van der Waals surface area (Å²) in [5.41, 5.74) is 1.03. The maximum Gasteiger partial charge on any atom is 0.298 e. The molecule has 1 saturated heterocycles. The maximum absolute atomic E-state index is 11.9. The summed E-state index contributed by atoms with van der Waals surface area (Å²) in [4.78, 5) is 13.6. The fourth-order valence-electron chi connectivity index (χ4n) is 2.89. The summed E-state index contributed by atoms with van der Waals surface area (Å²) < 4.78 is 5.16. The van der Waals surface area contributed by atoms with Gasteiger partial charge in [0.25, 0.3) is 5.91 Å². The van der Waals surface area contributed by atoms with Crippen LogP contribution in [0.25, 0.3) is 0 Å². The maximum atomic E-state index is 11.9. The molecule has 0 aliphatic carbocycles. The molecule has 1 aromatic heterocycles. The number of aliphatic hydroxyl groups excluding tert-OH is 1. The lowest BCUT2D eigenvalue weighted by molar-refractivity contribution is -0.124. The van der Waals surface area contributed by atoms with Crippen LogP contribution in [0.3, 0.4) is 0 Å². The van der Waals surface area contributed by atoms with Crippen LogP contribution in [0.4, 0.5) is 0 Å². The SMILES string of the molecule is CC(C)(C)[C@@H](C[C@@H](O)C#CC(=O)N1CCCC1)c1ccoc1. The summed E-state index contributed by atoms with van der Waals surface area (Å²) >= 11 is 0. The number of rotatable bonds is 3. The molecule has 4 nitrogen and oxygen atoms in total. The Hall–Kier alpha value is -1.73. The number of nitrogens with zero attached hydrogens (tertiary/aromatic N) is 1. The molecular weight excluding hydrogens is 278 g/mol. The van der Waals surface area contributed by atoms with Gasteiger partial charge in [0.15, 0.2) is 0 Å². The normalized spacial score (nSPS) is 17.7. The second-order valence-electron chi connectivity index (χ2n) is 7.00. The standard InChI is InChI=1S/C18H25NO3/c1-18(2,3)16(14-8-11-22-13-14)12-15(20)6-7-17(21)19-9-4-5-10-19/h8,11,13,15-16,20H,4-5,9-10,12H2,1-3H3/t15-,16-/m0/s1. The Bertz CT molecular complexity index is 539. The Morgan fingerprint density at radius 2 is 2.09 bits per heavy atom. The number of aliphatic hydroxyl groups is 1. The van der Waals surface area contributed by atoms with Gasteiger partial charge in [0.2, 0.25) is 0 Å². The molecular formula is C18H25NO3. The van der Waals surface area contributed by atoms with Gasteiger partial charge in [-0.2, -0.15) is 0 Å². The van der Waals surface area contributed by atoms with E-state index in [4.69, 9.17) is 4.42 Å². The highest BCUT2D eigenvalue weighted by molar-refractivity contribution is 5.93. The molecule has 0 bridgehead atoms. The van der Waals surface area contributed by atoms with Crippen LogP contribution < -0.4 is 0 Å². The van der Waals surface area contributed by atoms with Crippen LogP contribution in [0, 0.1) is 17.3 Å². The van der Waals surface area contributed by atoms with E-state index in [1.54, 1.807) is 17.4 Å². The topological polar surface area (TPSA) is 53.7 Å². The summed E-state index contributed by atoms with van der Waals surface area (Å²) in [5, 5.41) is 10.2. The number of amides is 1. The molecule has 1 aromatic rings. The van der Waals surface area contributed by atoms with Gasteiger partial charge in [-0.3, -0.25) is 4.79 Å². The highest BCUT2D eigenvalue weighted by atomic mass is 16.3. The zero-order chi connectivity index (χ0) is 16.2. The van der Waals surface area contributed by atoms with Gasteiger partial charge < -0.3 is 14.4 Å². The van der Waals surface area contributed by atoms with E-state index < -0.39 is 6.10 Å². The summed E-state index contributed by atoms with van der Waals surface area (Å²) in [5.74, 6) is 5.25. The molecule has 1 amide bonds. The summed E-state index contributed by atoms with van der Waals surface area (Å²) in [6, 6.07) is 1.92. The van der Waals surface area contributed by atoms with E-state index in [2.05, 4.69) is 32.6 Å². The Kier molecular flexibility index (Phi) is 5.31. The van der Waals surface area contributed by atoms with Crippen LogP contribution in [0.5, 0.6) is 0 Å². The first kappa shape index (κ1) is 16.6. The minimum atomic E-state index is -0.814. The molecule has 0 aromatic carbocycles. The first-order valence-corrected chi connectivity index (χ1v) is 7.88. The molecule has 2 heterocycles. The van der Waals surface area contributed by atoms with Crippen LogP contribution in [-0.2, 0) is 4.79 Å². The third kappa shape index (κ3) is 4.38. The van der Waals surface area contributed by atoms with Gasteiger partial charge in [0.1, 0.15) is 6.10 Å². The molecule has 1 aliphatic rings. The number of carbonyl (C=O) groups is 1. The number of hydrogen-bond donors (Lipinski definition) is 1. The van der Waals surface area contributed by atoms with Crippen molar-refractivity contribution in [2.45, 2.75) is 52.1 Å². The van der Waals surface area contributed by atoms with E-state index in [1.807, 2.05) is 6.07 Å². The number of furan rings is 1. The molecule has 0 unspecified atom stereocenters. The zero-order valence-electron chi connectivity index (χ0n) is 13.6. The lowest BCUT2D eigenvalue weighted by Crippen LogP contribution is -2.26. The van der Waals surface area contributed by atoms with Crippen LogP contribution in [0.15, 0.2) is 23.0 Å². The van der Waals surface area contributed by atoms with Gasteiger partial charge in [-0.1, -0.05) is 26.7 Å². The van der Waals surface area contributed by atoms with Crippen molar-refractivity contribution < 1.29 is 14.3 Å². The van der Waals surface area contributed by atoms with Crippen LogP contribution in [0.2, 0.25) is 0 Å². The van der Waals surface area contributed by atoms with Crippen molar-refractivity contribution in [2.24, 2.45) is 5.41 Å².